The smallest absolute Gasteiger partial charge is 0 e. The molecule has 0 bridgehead atoms. The van der Waals surface area contributed by atoms with Gasteiger partial charge in [0.2, 0.25) is 0 Å². The Morgan fingerprint density at radius 2 is 2.56 bits per heavy atom. The zero-order valence-electron chi connectivity index (χ0n) is 5.17. The first-order chi connectivity index (χ1) is 3.93. The molecule has 0 fully saturated rings. The molecule has 9 heavy (non-hydrogen) atoms. The zero-order valence-corrected chi connectivity index (χ0v) is 6.72. The van der Waals surface area contributed by atoms with Gasteiger partial charge in [-0.15, -0.1) is 13.0 Å². The van der Waals surface area contributed by atoms with E-state index in [9.17, 15) is 0 Å². The van der Waals surface area contributed by atoms with E-state index in [1.165, 1.54) is 5.57 Å². The summed E-state index contributed by atoms with van der Waals surface area (Å²) in [6, 6.07) is 0. The van der Waals surface area contributed by atoms with Crippen LogP contribution in [0.25, 0.3) is 0 Å². The van der Waals surface area contributed by atoms with E-state index >= 15 is 0 Å². The molecular formula is C8H9Pd-. The monoisotopic (exact) mass is 211 g/mol. The molecule has 0 heterocycles. The van der Waals surface area contributed by atoms with E-state index in [-0.39, 0.29) is 20.4 Å². The molecule has 1 aliphatic rings. The molecule has 0 amide bonds. The summed E-state index contributed by atoms with van der Waals surface area (Å²) in [6.45, 7) is 3.63. The van der Waals surface area contributed by atoms with E-state index in [1.807, 2.05) is 6.08 Å². The first-order valence-electron chi connectivity index (χ1n) is 2.80. The Balaban J connectivity index is 0.000000640. The van der Waals surface area contributed by atoms with Crippen molar-refractivity contribution in [3.63, 3.8) is 0 Å². The van der Waals surface area contributed by atoms with Crippen LogP contribution in [0.1, 0.15) is 12.8 Å². The summed E-state index contributed by atoms with van der Waals surface area (Å²) < 4.78 is 0. The summed E-state index contributed by atoms with van der Waals surface area (Å²) in [4.78, 5) is 0. The molecule has 0 nitrogen and oxygen atoms in total. The Bertz CT molecular complexity index is 143. The maximum Gasteiger partial charge on any atom is 0 e. The van der Waals surface area contributed by atoms with Gasteiger partial charge in [0.15, 0.2) is 0 Å². The van der Waals surface area contributed by atoms with Crippen molar-refractivity contribution in [1.29, 1.82) is 0 Å². The predicted octanol–water partition coefficient (Wildman–Crippen LogP) is 2.25. The fraction of sp³-hybridized carbons (Fsp3) is 0.250. The van der Waals surface area contributed by atoms with Gasteiger partial charge in [0.05, 0.1) is 0 Å². The second kappa shape index (κ2) is 4.73. The minimum Gasteiger partial charge on any atom is -0.269 e. The quantitative estimate of drug-likeness (QED) is 0.373. The minimum absolute atomic E-state index is 0. The van der Waals surface area contributed by atoms with Gasteiger partial charge in [-0.3, -0.25) is 6.08 Å². The minimum atomic E-state index is 0. The normalized spacial score (nSPS) is 14.4. The van der Waals surface area contributed by atoms with Crippen LogP contribution >= 0.6 is 0 Å². The molecule has 0 radical (unpaired) electrons. The summed E-state index contributed by atoms with van der Waals surface area (Å²) in [7, 11) is 0. The van der Waals surface area contributed by atoms with Crippen molar-refractivity contribution in [3.8, 4) is 0 Å². The molecule has 0 unspecified atom stereocenters. The van der Waals surface area contributed by atoms with Gasteiger partial charge in [0.25, 0.3) is 0 Å². The van der Waals surface area contributed by atoms with Gasteiger partial charge in [-0.1, -0.05) is 6.08 Å². The number of hydrogen-bond donors (Lipinski definition) is 0. The van der Waals surface area contributed by atoms with Crippen LogP contribution in [0.4, 0.5) is 0 Å². The van der Waals surface area contributed by atoms with Crippen LogP contribution in [-0.2, 0) is 20.4 Å². The molecule has 0 spiro atoms. The standard InChI is InChI=1S/C8H9.Pd/c1-2-5-8-6-3-4-7-8;/h2-3,6H,1,4-5H2;/q-1;. The van der Waals surface area contributed by atoms with E-state index in [2.05, 4.69) is 24.8 Å². The molecule has 0 aromatic carbocycles. The molecule has 1 aliphatic carbocycles. The molecule has 52 valence electrons. The van der Waals surface area contributed by atoms with Crippen LogP contribution in [-0.4, -0.2) is 0 Å². The van der Waals surface area contributed by atoms with Crippen molar-refractivity contribution in [2.75, 3.05) is 0 Å². The molecule has 1 rings (SSSR count). The largest absolute Gasteiger partial charge is 0.269 e. The van der Waals surface area contributed by atoms with E-state index < -0.39 is 0 Å². The molecule has 0 aromatic rings. The molecular weight excluding hydrogens is 203 g/mol. The molecule has 0 aliphatic heterocycles. The van der Waals surface area contributed by atoms with E-state index in [4.69, 9.17) is 0 Å². The van der Waals surface area contributed by atoms with Gasteiger partial charge < -0.3 is 0 Å². The van der Waals surface area contributed by atoms with Gasteiger partial charge >= 0.3 is 0 Å². The second-order valence-electron chi connectivity index (χ2n) is 1.80. The maximum atomic E-state index is 3.63. The summed E-state index contributed by atoms with van der Waals surface area (Å²) in [5.74, 6) is 0. The second-order valence-corrected chi connectivity index (χ2v) is 1.80. The van der Waals surface area contributed by atoms with Crippen molar-refractivity contribution in [3.05, 3.63) is 36.5 Å². The summed E-state index contributed by atoms with van der Waals surface area (Å²) >= 11 is 0. The molecule has 0 saturated heterocycles. The molecule has 0 N–H and O–H groups in total. The average molecular weight is 212 g/mol. The van der Waals surface area contributed by atoms with Crippen LogP contribution in [0.3, 0.4) is 0 Å². The van der Waals surface area contributed by atoms with Crippen molar-refractivity contribution in [1.82, 2.24) is 0 Å². The number of allylic oxidation sites excluding steroid dienone is 5. The van der Waals surface area contributed by atoms with Crippen LogP contribution < -0.4 is 0 Å². The number of rotatable bonds is 2. The first-order valence-corrected chi connectivity index (χ1v) is 2.80. The van der Waals surface area contributed by atoms with Crippen LogP contribution in [0.5, 0.6) is 0 Å². The Morgan fingerprint density at radius 1 is 1.78 bits per heavy atom. The van der Waals surface area contributed by atoms with E-state index in [1.54, 1.807) is 0 Å². The number of hydrogen-bond acceptors (Lipinski definition) is 0. The van der Waals surface area contributed by atoms with Gasteiger partial charge in [0.1, 0.15) is 0 Å². The average Bonchev–Trinajstić information content (AvgIpc) is 2.19. The van der Waals surface area contributed by atoms with Gasteiger partial charge in [-0.05, 0) is 6.42 Å². The molecule has 0 aromatic heterocycles. The molecule has 1 heteroatoms. The van der Waals surface area contributed by atoms with Gasteiger partial charge in [-0.25, -0.2) is 11.6 Å². The first kappa shape index (κ1) is 8.88. The van der Waals surface area contributed by atoms with E-state index in [0.717, 1.165) is 12.8 Å². The van der Waals surface area contributed by atoms with Crippen molar-refractivity contribution in [2.24, 2.45) is 0 Å². The predicted molar refractivity (Wildman–Crippen MR) is 35.3 cm³/mol. The Morgan fingerprint density at radius 3 is 3.00 bits per heavy atom. The van der Waals surface area contributed by atoms with Gasteiger partial charge in [0, 0.05) is 20.4 Å². The summed E-state index contributed by atoms with van der Waals surface area (Å²) in [5, 5.41) is 0. The maximum absolute atomic E-state index is 3.63. The SMILES string of the molecule is C=CCC1=[C-]CC=C1.[Pd]. The van der Waals surface area contributed by atoms with Crippen LogP contribution in [0.2, 0.25) is 0 Å². The van der Waals surface area contributed by atoms with Crippen LogP contribution in [0, 0.1) is 6.08 Å². The zero-order chi connectivity index (χ0) is 5.82. The topological polar surface area (TPSA) is 0 Å². The fourth-order valence-corrected chi connectivity index (χ4v) is 0.746. The Hall–Kier alpha value is -0.118. The third-order valence-electron chi connectivity index (χ3n) is 1.13. The van der Waals surface area contributed by atoms with E-state index in [0.29, 0.717) is 0 Å². The fourth-order valence-electron chi connectivity index (χ4n) is 0.746. The third-order valence-corrected chi connectivity index (χ3v) is 1.13. The van der Waals surface area contributed by atoms with Gasteiger partial charge in [-0.2, -0.15) is 6.08 Å². The van der Waals surface area contributed by atoms with Crippen molar-refractivity contribution < 1.29 is 20.4 Å². The molecule has 0 saturated carbocycles. The van der Waals surface area contributed by atoms with Crippen LogP contribution in [0.15, 0.2) is 30.4 Å². The van der Waals surface area contributed by atoms with Crippen molar-refractivity contribution >= 4 is 0 Å². The summed E-state index contributed by atoms with van der Waals surface area (Å²) in [6.07, 6.45) is 11.3. The third kappa shape index (κ3) is 2.79. The van der Waals surface area contributed by atoms with Crippen molar-refractivity contribution in [2.45, 2.75) is 12.8 Å². The molecule has 0 atom stereocenters. The Labute approximate surface area is 70.0 Å². The summed E-state index contributed by atoms with van der Waals surface area (Å²) in [5.41, 5.74) is 1.28. The Kier molecular flexibility index (Phi) is 4.67.